The number of phenolic OH excluding ortho intramolecular Hbond substituents is 1. The highest BCUT2D eigenvalue weighted by Gasteiger charge is 2.20. The minimum Gasteiger partial charge on any atom is -0.507 e. The van der Waals surface area contributed by atoms with E-state index in [9.17, 15) is 5.11 Å². The van der Waals surface area contributed by atoms with Gasteiger partial charge in [0.25, 0.3) is 0 Å². The van der Waals surface area contributed by atoms with Gasteiger partial charge in [-0.1, -0.05) is 97.1 Å². The first-order valence-corrected chi connectivity index (χ1v) is 15.6. The molecule has 10 rings (SSSR count). The lowest BCUT2D eigenvalue weighted by Gasteiger charge is -2.17. The third-order valence-electron chi connectivity index (χ3n) is 9.50. The molecule has 0 bridgehead atoms. The lowest BCUT2D eigenvalue weighted by atomic mass is 10.1. The molecule has 0 spiro atoms. The van der Waals surface area contributed by atoms with E-state index < -0.39 is 0 Å². The van der Waals surface area contributed by atoms with E-state index >= 15 is 0 Å². The summed E-state index contributed by atoms with van der Waals surface area (Å²) in [6.45, 7) is 0. The van der Waals surface area contributed by atoms with Crippen molar-refractivity contribution in [3.63, 3.8) is 0 Å². The Morgan fingerprint density at radius 3 is 1.02 bits per heavy atom. The predicted octanol–water partition coefficient (Wildman–Crippen LogP) is 10.7. The van der Waals surface area contributed by atoms with Crippen LogP contribution in [-0.4, -0.2) is 18.8 Å². The number of benzene rings is 7. The Kier molecular flexibility index (Phi) is 5.11. The average Bonchev–Trinajstić information content (AvgIpc) is 3.74. The fourth-order valence-electron chi connectivity index (χ4n) is 7.65. The van der Waals surface area contributed by atoms with Crippen molar-refractivity contribution in [1.82, 2.24) is 13.7 Å². The minimum atomic E-state index is 0.286. The van der Waals surface area contributed by atoms with Crippen molar-refractivity contribution >= 4 is 65.4 Å². The van der Waals surface area contributed by atoms with Crippen LogP contribution < -0.4 is 0 Å². The quantitative estimate of drug-likeness (QED) is 0.219. The van der Waals surface area contributed by atoms with E-state index in [1.807, 2.05) is 12.1 Å². The lowest BCUT2D eigenvalue weighted by Crippen LogP contribution is -2.03. The Morgan fingerprint density at radius 2 is 0.609 bits per heavy atom. The molecule has 4 nitrogen and oxygen atoms in total. The van der Waals surface area contributed by atoms with Gasteiger partial charge in [0.05, 0.1) is 50.2 Å². The van der Waals surface area contributed by atoms with Crippen LogP contribution in [0.25, 0.3) is 82.5 Å². The van der Waals surface area contributed by atoms with E-state index in [2.05, 4.69) is 153 Å². The number of para-hydroxylation sites is 5. The number of fused-ring (bicyclic) bond motifs is 9. The van der Waals surface area contributed by atoms with Gasteiger partial charge in [0.15, 0.2) is 0 Å². The van der Waals surface area contributed by atoms with Gasteiger partial charge >= 0.3 is 0 Å². The lowest BCUT2D eigenvalue weighted by molar-refractivity contribution is 0.482. The Labute approximate surface area is 264 Å². The third kappa shape index (κ3) is 3.38. The van der Waals surface area contributed by atoms with Gasteiger partial charge in [0.2, 0.25) is 0 Å². The largest absolute Gasteiger partial charge is 0.507 e. The fraction of sp³-hybridized carbons (Fsp3) is 0. The Morgan fingerprint density at radius 1 is 0.304 bits per heavy atom. The van der Waals surface area contributed by atoms with Gasteiger partial charge in [0.1, 0.15) is 5.75 Å². The molecule has 216 valence electrons. The summed E-state index contributed by atoms with van der Waals surface area (Å²) in [6, 6.07) is 55.6. The van der Waals surface area contributed by atoms with Gasteiger partial charge in [-0.3, -0.25) is 0 Å². The van der Waals surface area contributed by atoms with Crippen LogP contribution in [0.3, 0.4) is 0 Å². The van der Waals surface area contributed by atoms with Crippen molar-refractivity contribution in [2.24, 2.45) is 0 Å². The highest BCUT2D eigenvalue weighted by molar-refractivity contribution is 6.13. The van der Waals surface area contributed by atoms with Gasteiger partial charge < -0.3 is 18.8 Å². The number of aromatic hydroxyl groups is 1. The number of nitrogens with zero attached hydrogens (tertiary/aromatic N) is 3. The fourth-order valence-corrected chi connectivity index (χ4v) is 7.65. The van der Waals surface area contributed by atoms with Gasteiger partial charge in [-0.2, -0.15) is 0 Å². The van der Waals surface area contributed by atoms with Crippen LogP contribution in [0.1, 0.15) is 0 Å². The van der Waals surface area contributed by atoms with E-state index in [4.69, 9.17) is 0 Å². The summed E-state index contributed by atoms with van der Waals surface area (Å²) in [4.78, 5) is 0. The van der Waals surface area contributed by atoms with Gasteiger partial charge in [-0.15, -0.1) is 0 Å². The molecule has 0 aliphatic rings. The van der Waals surface area contributed by atoms with Crippen molar-refractivity contribution in [1.29, 1.82) is 0 Å². The summed E-state index contributed by atoms with van der Waals surface area (Å²) >= 11 is 0. The summed E-state index contributed by atoms with van der Waals surface area (Å²) in [6.07, 6.45) is 0. The second-order valence-corrected chi connectivity index (χ2v) is 12.0. The first-order chi connectivity index (χ1) is 22.8. The zero-order valence-electron chi connectivity index (χ0n) is 24.8. The first kappa shape index (κ1) is 25.1. The smallest absolute Gasteiger partial charge is 0.125 e. The molecule has 0 aliphatic heterocycles. The van der Waals surface area contributed by atoms with E-state index in [1.54, 1.807) is 6.07 Å². The van der Waals surface area contributed by atoms with Crippen molar-refractivity contribution < 1.29 is 5.11 Å². The summed E-state index contributed by atoms with van der Waals surface area (Å²) in [5.41, 5.74) is 9.81. The maximum Gasteiger partial charge on any atom is 0.125 e. The second-order valence-electron chi connectivity index (χ2n) is 12.0. The Hall–Kier alpha value is -6.26. The molecule has 0 radical (unpaired) electrons. The van der Waals surface area contributed by atoms with Crippen LogP contribution in [0.2, 0.25) is 0 Å². The van der Waals surface area contributed by atoms with Crippen LogP contribution in [0.15, 0.2) is 158 Å². The van der Waals surface area contributed by atoms with Crippen molar-refractivity contribution in [2.45, 2.75) is 0 Å². The maximum atomic E-state index is 11.1. The molecular formula is C42H27N3O. The number of rotatable bonds is 3. The zero-order chi connectivity index (χ0) is 30.4. The second kappa shape index (κ2) is 9.37. The number of phenols is 1. The van der Waals surface area contributed by atoms with Crippen molar-refractivity contribution in [2.75, 3.05) is 0 Å². The van der Waals surface area contributed by atoms with Crippen LogP contribution in [0, 0.1) is 0 Å². The zero-order valence-corrected chi connectivity index (χ0v) is 24.8. The molecule has 0 unspecified atom stereocenters. The molecule has 7 aromatic carbocycles. The highest BCUT2D eigenvalue weighted by Crippen LogP contribution is 2.40. The van der Waals surface area contributed by atoms with Crippen LogP contribution in [-0.2, 0) is 0 Å². The highest BCUT2D eigenvalue weighted by atomic mass is 16.3. The van der Waals surface area contributed by atoms with Crippen molar-refractivity contribution in [3.8, 4) is 22.8 Å². The monoisotopic (exact) mass is 589 g/mol. The molecule has 1 N–H and O–H groups in total. The molecule has 0 aliphatic carbocycles. The normalized spacial score (nSPS) is 12.0. The molecular weight excluding hydrogens is 562 g/mol. The molecule has 0 fully saturated rings. The van der Waals surface area contributed by atoms with E-state index in [0.29, 0.717) is 0 Å². The van der Waals surface area contributed by atoms with E-state index in [0.717, 1.165) is 60.9 Å². The molecule has 3 heterocycles. The maximum absolute atomic E-state index is 11.1. The van der Waals surface area contributed by atoms with Crippen LogP contribution in [0.4, 0.5) is 0 Å². The molecule has 4 heteroatoms. The molecule has 3 aromatic heterocycles. The van der Waals surface area contributed by atoms with E-state index in [-0.39, 0.29) is 5.75 Å². The SMILES string of the molecule is Oc1cccc2c1c1ccccc1n2-c1cc(-n2c3ccccc3c3ccccc32)cc(-n2c3ccccc3c3ccccc32)c1. The topological polar surface area (TPSA) is 35.0 Å². The first-order valence-electron chi connectivity index (χ1n) is 15.6. The molecule has 10 aromatic rings. The average molecular weight is 590 g/mol. The number of hydrogen-bond acceptors (Lipinski definition) is 1. The molecule has 0 saturated heterocycles. The predicted molar refractivity (Wildman–Crippen MR) is 191 cm³/mol. The van der Waals surface area contributed by atoms with Crippen LogP contribution >= 0.6 is 0 Å². The molecule has 0 saturated carbocycles. The van der Waals surface area contributed by atoms with Crippen LogP contribution in [0.5, 0.6) is 5.75 Å². The summed E-state index contributed by atoms with van der Waals surface area (Å²) in [5, 5.41) is 17.9. The Bertz CT molecular complexity index is 2590. The van der Waals surface area contributed by atoms with E-state index in [1.165, 1.54) is 21.5 Å². The van der Waals surface area contributed by atoms with Crippen molar-refractivity contribution in [3.05, 3.63) is 158 Å². The molecule has 0 atom stereocenters. The standard InChI is InChI=1S/C42H27N3O/c46-41-23-11-22-40-42(41)34-16-5-10-21-39(34)45(40)29-25-27(43-35-17-6-1-12-30(35)31-13-2-7-18-36(31)43)24-28(26-29)44-37-19-8-3-14-32(37)33-15-4-9-20-38(33)44/h1-26,46H. The van der Waals surface area contributed by atoms with Gasteiger partial charge in [0, 0.05) is 32.3 Å². The minimum absolute atomic E-state index is 0.286. The summed E-state index contributed by atoms with van der Waals surface area (Å²) < 4.78 is 7.06. The third-order valence-corrected chi connectivity index (χ3v) is 9.50. The summed E-state index contributed by atoms with van der Waals surface area (Å²) in [7, 11) is 0. The number of hydrogen-bond donors (Lipinski definition) is 1. The molecule has 46 heavy (non-hydrogen) atoms. The Balaban J connectivity index is 1.39. The van der Waals surface area contributed by atoms with Gasteiger partial charge in [-0.05, 0) is 60.7 Å². The molecule has 0 amide bonds. The van der Waals surface area contributed by atoms with Gasteiger partial charge in [-0.25, -0.2) is 0 Å². The summed E-state index contributed by atoms with van der Waals surface area (Å²) in [5.74, 6) is 0.286. The number of aromatic nitrogens is 3.